The molecule has 0 saturated carbocycles. The van der Waals surface area contributed by atoms with Gasteiger partial charge in [0.05, 0.1) is 17.2 Å². The zero-order valence-corrected chi connectivity index (χ0v) is 9.00. The third-order valence-corrected chi connectivity index (χ3v) is 2.76. The molecule has 0 amide bonds. The van der Waals surface area contributed by atoms with Crippen molar-refractivity contribution in [2.75, 3.05) is 0 Å². The molecular formula is C10H5Cl2N3. The Morgan fingerprint density at radius 3 is 2.80 bits per heavy atom. The Bertz CT molecular complexity index is 660. The second-order valence-electron chi connectivity index (χ2n) is 3.13. The van der Waals surface area contributed by atoms with Crippen molar-refractivity contribution in [2.24, 2.45) is 0 Å². The van der Waals surface area contributed by atoms with E-state index in [9.17, 15) is 0 Å². The Balaban J connectivity index is 2.67. The fraction of sp³-hybridized carbons (Fsp3) is 0. The smallest absolute Gasteiger partial charge is 0.176 e. The van der Waals surface area contributed by atoms with E-state index in [1.807, 2.05) is 24.3 Å². The molecular weight excluding hydrogens is 233 g/mol. The molecule has 0 aliphatic rings. The molecule has 0 N–H and O–H groups in total. The van der Waals surface area contributed by atoms with Crippen molar-refractivity contribution < 1.29 is 0 Å². The van der Waals surface area contributed by atoms with Gasteiger partial charge < -0.3 is 0 Å². The molecule has 74 valence electrons. The third kappa shape index (κ3) is 1.20. The highest BCUT2D eigenvalue weighted by Gasteiger charge is 2.09. The van der Waals surface area contributed by atoms with Crippen LogP contribution in [0.15, 0.2) is 30.5 Å². The zero-order valence-electron chi connectivity index (χ0n) is 7.48. The number of fused-ring (bicyclic) bond motifs is 3. The number of hydrogen-bond acceptors (Lipinski definition) is 2. The van der Waals surface area contributed by atoms with Crippen LogP contribution in [0.25, 0.3) is 16.7 Å². The number of benzene rings is 1. The summed E-state index contributed by atoms with van der Waals surface area (Å²) >= 11 is 12.0. The van der Waals surface area contributed by atoms with Gasteiger partial charge in [0.1, 0.15) is 5.15 Å². The number of imidazole rings is 1. The first kappa shape index (κ1) is 8.95. The van der Waals surface area contributed by atoms with Crippen LogP contribution >= 0.6 is 23.2 Å². The van der Waals surface area contributed by atoms with Crippen LogP contribution in [0.2, 0.25) is 10.3 Å². The summed E-state index contributed by atoms with van der Waals surface area (Å²) in [6.45, 7) is 0. The van der Waals surface area contributed by atoms with Crippen molar-refractivity contribution in [1.29, 1.82) is 0 Å². The lowest BCUT2D eigenvalue weighted by Crippen LogP contribution is -1.92. The molecule has 0 bridgehead atoms. The summed E-state index contributed by atoms with van der Waals surface area (Å²) < 4.78 is 1.78. The average molecular weight is 238 g/mol. The predicted molar refractivity (Wildman–Crippen MR) is 60.5 cm³/mol. The van der Waals surface area contributed by atoms with Gasteiger partial charge in [0, 0.05) is 0 Å². The van der Waals surface area contributed by atoms with Crippen LogP contribution < -0.4 is 0 Å². The van der Waals surface area contributed by atoms with Crippen molar-refractivity contribution in [1.82, 2.24) is 14.4 Å². The molecule has 1 aromatic carbocycles. The number of halogens is 2. The van der Waals surface area contributed by atoms with Gasteiger partial charge in [-0.05, 0) is 12.1 Å². The van der Waals surface area contributed by atoms with E-state index < -0.39 is 0 Å². The second-order valence-corrected chi connectivity index (χ2v) is 3.88. The maximum Gasteiger partial charge on any atom is 0.176 e. The quantitative estimate of drug-likeness (QED) is 0.602. The van der Waals surface area contributed by atoms with E-state index in [1.54, 1.807) is 10.6 Å². The Morgan fingerprint density at radius 2 is 1.93 bits per heavy atom. The first-order valence-electron chi connectivity index (χ1n) is 4.34. The molecule has 0 radical (unpaired) electrons. The lowest BCUT2D eigenvalue weighted by atomic mass is 10.3. The third-order valence-electron chi connectivity index (χ3n) is 2.24. The minimum atomic E-state index is 0.362. The highest BCUT2D eigenvalue weighted by atomic mass is 35.5. The van der Waals surface area contributed by atoms with Crippen molar-refractivity contribution in [3.8, 4) is 0 Å². The lowest BCUT2D eigenvalue weighted by Gasteiger charge is -2.03. The van der Waals surface area contributed by atoms with E-state index in [0.29, 0.717) is 16.0 Å². The van der Waals surface area contributed by atoms with E-state index in [2.05, 4.69) is 9.97 Å². The van der Waals surface area contributed by atoms with E-state index in [1.165, 1.54) is 0 Å². The normalized spacial score (nSPS) is 11.3. The number of aromatic nitrogens is 3. The van der Waals surface area contributed by atoms with Gasteiger partial charge in [0.15, 0.2) is 10.8 Å². The van der Waals surface area contributed by atoms with Crippen molar-refractivity contribution in [3.05, 3.63) is 40.8 Å². The summed E-state index contributed by atoms with van der Waals surface area (Å²) in [5.74, 6) is 0. The van der Waals surface area contributed by atoms with Crippen LogP contribution in [0.1, 0.15) is 0 Å². The van der Waals surface area contributed by atoms with Crippen LogP contribution in [0.5, 0.6) is 0 Å². The fourth-order valence-corrected chi connectivity index (χ4v) is 2.05. The number of para-hydroxylation sites is 2. The highest BCUT2D eigenvalue weighted by molar-refractivity contribution is 6.34. The fourth-order valence-electron chi connectivity index (χ4n) is 1.61. The highest BCUT2D eigenvalue weighted by Crippen LogP contribution is 2.24. The molecule has 0 aliphatic heterocycles. The standard InChI is InChI=1S/C10H5Cl2N3/c11-8-5-13-10-9(12)14-6-3-1-2-4-7(6)15(8)10/h1-5H. The van der Waals surface area contributed by atoms with Gasteiger partial charge in [-0.1, -0.05) is 35.3 Å². The van der Waals surface area contributed by atoms with Crippen LogP contribution in [0, 0.1) is 0 Å². The molecule has 0 aliphatic carbocycles. The molecule has 5 heteroatoms. The SMILES string of the molecule is Clc1nc2ccccc2n2c(Cl)cnc12. The van der Waals surface area contributed by atoms with Crippen molar-refractivity contribution >= 4 is 39.9 Å². The molecule has 3 aromatic rings. The van der Waals surface area contributed by atoms with Gasteiger partial charge >= 0.3 is 0 Å². The minimum absolute atomic E-state index is 0.362. The second kappa shape index (κ2) is 3.08. The Hall–Kier alpha value is -1.32. The first-order valence-corrected chi connectivity index (χ1v) is 5.10. The number of rotatable bonds is 0. The minimum Gasteiger partial charge on any atom is -0.279 e. The summed E-state index contributed by atoms with van der Waals surface area (Å²) in [6, 6.07) is 7.65. The van der Waals surface area contributed by atoms with Crippen molar-refractivity contribution in [3.63, 3.8) is 0 Å². The monoisotopic (exact) mass is 237 g/mol. The van der Waals surface area contributed by atoms with Gasteiger partial charge in [-0.2, -0.15) is 0 Å². The zero-order chi connectivity index (χ0) is 10.4. The summed E-state index contributed by atoms with van der Waals surface area (Å²) in [7, 11) is 0. The summed E-state index contributed by atoms with van der Waals surface area (Å²) in [5, 5.41) is 0.895. The molecule has 3 rings (SSSR count). The number of nitrogens with zero attached hydrogens (tertiary/aromatic N) is 3. The lowest BCUT2D eigenvalue weighted by molar-refractivity contribution is 1.21. The summed E-state index contributed by atoms with van der Waals surface area (Å²) in [6.07, 6.45) is 1.57. The number of hydrogen-bond donors (Lipinski definition) is 0. The Labute approximate surface area is 95.3 Å². The molecule has 0 unspecified atom stereocenters. The van der Waals surface area contributed by atoms with Gasteiger partial charge in [-0.15, -0.1) is 0 Å². The van der Waals surface area contributed by atoms with Gasteiger partial charge in [0.25, 0.3) is 0 Å². The van der Waals surface area contributed by atoms with Gasteiger partial charge in [0.2, 0.25) is 0 Å². The molecule has 0 spiro atoms. The van der Waals surface area contributed by atoms with Crippen LogP contribution in [-0.4, -0.2) is 14.4 Å². The van der Waals surface area contributed by atoms with E-state index in [0.717, 1.165) is 11.0 Å². The topological polar surface area (TPSA) is 30.2 Å². The average Bonchev–Trinajstić information content (AvgIpc) is 2.62. The maximum atomic E-state index is 6.04. The molecule has 2 heterocycles. The maximum absolute atomic E-state index is 6.04. The van der Waals surface area contributed by atoms with Gasteiger partial charge in [-0.3, -0.25) is 4.40 Å². The Morgan fingerprint density at radius 1 is 1.13 bits per heavy atom. The first-order chi connectivity index (χ1) is 7.27. The Kier molecular flexibility index (Phi) is 1.84. The van der Waals surface area contributed by atoms with E-state index >= 15 is 0 Å². The van der Waals surface area contributed by atoms with Crippen LogP contribution in [0.3, 0.4) is 0 Å². The van der Waals surface area contributed by atoms with Crippen LogP contribution in [-0.2, 0) is 0 Å². The summed E-state index contributed by atoms with van der Waals surface area (Å²) in [4.78, 5) is 8.35. The van der Waals surface area contributed by atoms with E-state index in [-0.39, 0.29) is 0 Å². The van der Waals surface area contributed by atoms with E-state index in [4.69, 9.17) is 23.2 Å². The van der Waals surface area contributed by atoms with Crippen LogP contribution in [0.4, 0.5) is 0 Å². The molecule has 15 heavy (non-hydrogen) atoms. The summed E-state index contributed by atoms with van der Waals surface area (Å²) in [5.41, 5.74) is 2.29. The van der Waals surface area contributed by atoms with Gasteiger partial charge in [-0.25, -0.2) is 9.97 Å². The van der Waals surface area contributed by atoms with Crippen molar-refractivity contribution in [2.45, 2.75) is 0 Å². The largest absolute Gasteiger partial charge is 0.279 e. The molecule has 3 nitrogen and oxygen atoms in total. The molecule has 0 saturated heterocycles. The molecule has 0 fully saturated rings. The predicted octanol–water partition coefficient (Wildman–Crippen LogP) is 3.19. The molecule has 0 atom stereocenters. The molecule has 2 aromatic heterocycles.